The van der Waals surface area contributed by atoms with Crippen LogP contribution in [-0.4, -0.2) is 47.4 Å². The zero-order valence-electron chi connectivity index (χ0n) is 14.5. The van der Waals surface area contributed by atoms with E-state index in [0.29, 0.717) is 33.4 Å². The number of H-pyrrole nitrogens is 1. The van der Waals surface area contributed by atoms with Gasteiger partial charge in [-0.25, -0.2) is 18.6 Å². The fourth-order valence-electron chi connectivity index (χ4n) is 3.00. The first kappa shape index (κ1) is 17.8. The molecule has 9 heteroatoms. The molecule has 28 heavy (non-hydrogen) atoms. The highest BCUT2D eigenvalue weighted by Crippen LogP contribution is 2.24. The van der Waals surface area contributed by atoms with Gasteiger partial charge in [0, 0.05) is 16.7 Å². The number of aromatic amines is 1. The summed E-state index contributed by atoms with van der Waals surface area (Å²) in [5.74, 6) is -0.482. The highest BCUT2D eigenvalue weighted by atomic mass is 19.1. The fourth-order valence-corrected chi connectivity index (χ4v) is 3.00. The Bertz CT molecular complexity index is 1120. The van der Waals surface area contributed by atoms with Crippen LogP contribution in [0, 0.1) is 5.82 Å². The number of ketones is 1. The van der Waals surface area contributed by atoms with Gasteiger partial charge in [0.1, 0.15) is 25.6 Å². The van der Waals surface area contributed by atoms with E-state index >= 15 is 0 Å². The van der Waals surface area contributed by atoms with Gasteiger partial charge in [-0.15, -0.1) is 0 Å². The van der Waals surface area contributed by atoms with Crippen LogP contribution in [0.2, 0.25) is 0 Å². The Hall–Kier alpha value is -3.62. The Morgan fingerprint density at radius 2 is 2.07 bits per heavy atom. The topological polar surface area (TPSA) is 96.4 Å². The van der Waals surface area contributed by atoms with Crippen molar-refractivity contribution in [3.63, 3.8) is 0 Å². The van der Waals surface area contributed by atoms with Crippen LogP contribution in [0.5, 0.6) is 0 Å². The standard InChI is InChI=1S/C19H14F2N4O3/c20-5-6-28-19(27)25-18-23-14-4-1-10(7-15(14)24-18)17-13-8-11(21)2-3-12(13)16(26)9-22-17/h1-4,7-8H,5-6,9H2,(H2,23,24,25,27). The lowest BCUT2D eigenvalue weighted by Gasteiger charge is -2.16. The van der Waals surface area contributed by atoms with Crippen molar-refractivity contribution in [2.75, 3.05) is 25.1 Å². The normalized spacial score (nSPS) is 13.2. The van der Waals surface area contributed by atoms with Gasteiger partial charge in [-0.3, -0.25) is 15.1 Å². The Kier molecular flexibility index (Phi) is 4.56. The van der Waals surface area contributed by atoms with Crippen molar-refractivity contribution in [1.29, 1.82) is 0 Å². The Balaban J connectivity index is 1.66. The van der Waals surface area contributed by atoms with E-state index in [2.05, 4.69) is 25.0 Å². The monoisotopic (exact) mass is 384 g/mol. The van der Waals surface area contributed by atoms with Gasteiger partial charge in [0.05, 0.1) is 16.7 Å². The number of hydrogen-bond acceptors (Lipinski definition) is 5. The van der Waals surface area contributed by atoms with Gasteiger partial charge in [0.25, 0.3) is 0 Å². The molecule has 142 valence electrons. The molecule has 1 aliphatic rings. The number of carbonyl (C=O) groups is 2. The van der Waals surface area contributed by atoms with Crippen LogP contribution in [0.1, 0.15) is 21.5 Å². The van der Waals surface area contributed by atoms with Crippen LogP contribution in [0.4, 0.5) is 19.5 Å². The number of Topliss-reactive ketones (excluding diaryl/α,β-unsaturated/α-hetero) is 1. The molecule has 7 nitrogen and oxygen atoms in total. The molecule has 1 amide bonds. The minimum absolute atomic E-state index is 0.0117. The summed E-state index contributed by atoms with van der Waals surface area (Å²) >= 11 is 0. The van der Waals surface area contributed by atoms with Crippen molar-refractivity contribution in [2.45, 2.75) is 0 Å². The van der Waals surface area contributed by atoms with E-state index in [1.165, 1.54) is 18.2 Å². The molecule has 1 aromatic heterocycles. The predicted molar refractivity (Wildman–Crippen MR) is 98.3 cm³/mol. The molecule has 0 fully saturated rings. The van der Waals surface area contributed by atoms with Crippen LogP contribution < -0.4 is 5.32 Å². The number of rotatable bonds is 4. The number of hydrogen-bond donors (Lipinski definition) is 2. The summed E-state index contributed by atoms with van der Waals surface area (Å²) < 4.78 is 30.4. The van der Waals surface area contributed by atoms with Crippen LogP contribution in [-0.2, 0) is 4.74 Å². The van der Waals surface area contributed by atoms with Crippen molar-refractivity contribution >= 4 is 34.6 Å². The van der Waals surface area contributed by atoms with Gasteiger partial charge in [0.15, 0.2) is 5.78 Å². The van der Waals surface area contributed by atoms with Crippen molar-refractivity contribution < 1.29 is 23.1 Å². The zero-order chi connectivity index (χ0) is 19.7. The Morgan fingerprint density at radius 1 is 1.21 bits per heavy atom. The van der Waals surface area contributed by atoms with Crippen LogP contribution >= 0.6 is 0 Å². The number of fused-ring (bicyclic) bond motifs is 2. The summed E-state index contributed by atoms with van der Waals surface area (Å²) in [5.41, 5.74) is 3.19. The van der Waals surface area contributed by atoms with Crippen molar-refractivity contribution in [3.8, 4) is 0 Å². The lowest BCUT2D eigenvalue weighted by atomic mass is 9.92. The Labute approximate surface area is 157 Å². The average molecular weight is 384 g/mol. The SMILES string of the molecule is O=C(Nc1nc2ccc(C3=NCC(=O)c4ccc(F)cc43)cc2[nH]1)OCCF. The van der Waals surface area contributed by atoms with Gasteiger partial charge in [-0.1, -0.05) is 6.07 Å². The number of halogens is 2. The van der Waals surface area contributed by atoms with Crippen molar-refractivity contribution in [3.05, 3.63) is 58.9 Å². The maximum Gasteiger partial charge on any atom is 0.414 e. The number of ether oxygens (including phenoxy) is 1. The lowest BCUT2D eigenvalue weighted by molar-refractivity contribution is 0.1000. The van der Waals surface area contributed by atoms with Crippen LogP contribution in [0.25, 0.3) is 11.0 Å². The summed E-state index contributed by atoms with van der Waals surface area (Å²) in [4.78, 5) is 35.0. The number of nitrogens with one attached hydrogen (secondary N) is 2. The quantitative estimate of drug-likeness (QED) is 0.722. The van der Waals surface area contributed by atoms with Gasteiger partial charge >= 0.3 is 6.09 Å². The summed E-state index contributed by atoms with van der Waals surface area (Å²) in [6.07, 6.45) is -0.823. The third-order valence-corrected chi connectivity index (χ3v) is 4.20. The molecule has 4 rings (SSSR count). The van der Waals surface area contributed by atoms with Gasteiger partial charge in [-0.2, -0.15) is 0 Å². The number of aliphatic imine (C=N–C) groups is 1. The molecular weight excluding hydrogens is 370 g/mol. The first-order valence-corrected chi connectivity index (χ1v) is 8.42. The Morgan fingerprint density at radius 3 is 2.89 bits per heavy atom. The highest BCUT2D eigenvalue weighted by Gasteiger charge is 2.22. The average Bonchev–Trinajstić information content (AvgIpc) is 3.07. The molecule has 0 aliphatic carbocycles. The number of aromatic nitrogens is 2. The summed E-state index contributed by atoms with van der Waals surface area (Å²) in [6.45, 7) is -1.13. The molecule has 0 radical (unpaired) electrons. The maximum absolute atomic E-state index is 13.7. The number of nitrogens with zero attached hydrogens (tertiary/aromatic N) is 2. The second kappa shape index (κ2) is 7.18. The van der Waals surface area contributed by atoms with Gasteiger partial charge in [-0.05, 0) is 30.3 Å². The minimum Gasteiger partial charge on any atom is -0.446 e. The second-order valence-electron chi connectivity index (χ2n) is 6.05. The van der Waals surface area contributed by atoms with E-state index in [4.69, 9.17) is 0 Å². The van der Waals surface area contributed by atoms with E-state index in [0.717, 1.165) is 0 Å². The molecule has 0 saturated carbocycles. The third kappa shape index (κ3) is 3.34. The summed E-state index contributed by atoms with van der Waals surface area (Å²) in [7, 11) is 0. The molecule has 2 heterocycles. The van der Waals surface area contributed by atoms with E-state index in [1.54, 1.807) is 18.2 Å². The minimum atomic E-state index is -0.823. The molecule has 2 N–H and O–H groups in total. The lowest BCUT2D eigenvalue weighted by Crippen LogP contribution is -2.20. The van der Waals surface area contributed by atoms with Gasteiger partial charge < -0.3 is 9.72 Å². The number of carbonyl (C=O) groups excluding carboxylic acids is 2. The third-order valence-electron chi connectivity index (χ3n) is 4.20. The zero-order valence-corrected chi connectivity index (χ0v) is 14.5. The number of anilines is 1. The van der Waals surface area contributed by atoms with Gasteiger partial charge in [0.2, 0.25) is 5.95 Å². The first-order chi connectivity index (χ1) is 13.5. The molecule has 0 atom stereocenters. The van der Waals surface area contributed by atoms with E-state index in [9.17, 15) is 18.4 Å². The molecular formula is C19H14F2N4O3. The molecule has 0 unspecified atom stereocenters. The van der Waals surface area contributed by atoms with E-state index in [1.807, 2.05) is 0 Å². The highest BCUT2D eigenvalue weighted by molar-refractivity contribution is 6.22. The number of imidazole rings is 1. The molecule has 0 bridgehead atoms. The van der Waals surface area contributed by atoms with Crippen LogP contribution in [0.15, 0.2) is 41.4 Å². The molecule has 0 saturated heterocycles. The maximum atomic E-state index is 13.7. The second-order valence-corrected chi connectivity index (χ2v) is 6.05. The van der Waals surface area contributed by atoms with Crippen LogP contribution in [0.3, 0.4) is 0 Å². The number of benzene rings is 2. The number of alkyl halides is 1. The number of amides is 1. The molecule has 1 aliphatic heterocycles. The van der Waals surface area contributed by atoms with E-state index < -0.39 is 18.6 Å². The largest absolute Gasteiger partial charge is 0.446 e. The van der Waals surface area contributed by atoms with Crippen molar-refractivity contribution in [1.82, 2.24) is 9.97 Å². The fraction of sp³-hybridized carbons (Fsp3) is 0.158. The van der Waals surface area contributed by atoms with Crippen molar-refractivity contribution in [2.24, 2.45) is 4.99 Å². The molecule has 2 aromatic carbocycles. The summed E-state index contributed by atoms with van der Waals surface area (Å²) in [6, 6.07) is 9.19. The summed E-state index contributed by atoms with van der Waals surface area (Å²) in [5, 5.41) is 2.38. The first-order valence-electron chi connectivity index (χ1n) is 8.42. The molecule has 0 spiro atoms. The van der Waals surface area contributed by atoms with E-state index in [-0.39, 0.29) is 24.9 Å². The smallest absolute Gasteiger partial charge is 0.414 e. The molecule has 3 aromatic rings. The predicted octanol–water partition coefficient (Wildman–Crippen LogP) is 3.25.